The number of anilines is 1. The zero-order valence-electron chi connectivity index (χ0n) is 16.9. The van der Waals surface area contributed by atoms with Gasteiger partial charge in [-0.1, -0.05) is 0 Å². The van der Waals surface area contributed by atoms with Gasteiger partial charge in [0.05, 0.1) is 12.8 Å². The Hall–Kier alpha value is -3.62. The van der Waals surface area contributed by atoms with E-state index in [4.69, 9.17) is 9.47 Å². The van der Waals surface area contributed by atoms with Crippen LogP contribution in [0.4, 0.5) is 10.5 Å². The van der Waals surface area contributed by atoms with Crippen molar-refractivity contribution in [2.75, 3.05) is 31.6 Å². The summed E-state index contributed by atoms with van der Waals surface area (Å²) in [5, 5.41) is 0.868. The summed E-state index contributed by atoms with van der Waals surface area (Å²) in [4.78, 5) is 36.2. The number of methoxy groups -OCH3 is 1. The minimum absolute atomic E-state index is 0.00791. The van der Waals surface area contributed by atoms with Gasteiger partial charge in [0.25, 0.3) is 0 Å². The highest BCUT2D eigenvalue weighted by molar-refractivity contribution is 6.04. The highest BCUT2D eigenvalue weighted by Gasteiger charge is 2.30. The van der Waals surface area contributed by atoms with Crippen LogP contribution in [0.25, 0.3) is 11.0 Å². The third-order valence-electron chi connectivity index (χ3n) is 5.10. The van der Waals surface area contributed by atoms with E-state index in [2.05, 4.69) is 9.97 Å². The molecule has 0 saturated carbocycles. The fraction of sp³-hybridized carbons (Fsp3) is 0.333. The molecule has 0 radical (unpaired) electrons. The molecule has 0 bridgehead atoms. The van der Waals surface area contributed by atoms with Crippen LogP contribution in [0.3, 0.4) is 0 Å². The highest BCUT2D eigenvalue weighted by Crippen LogP contribution is 2.31. The van der Waals surface area contributed by atoms with Gasteiger partial charge >= 0.3 is 6.09 Å². The number of amides is 2. The summed E-state index contributed by atoms with van der Waals surface area (Å²) in [7, 11) is 1.31. The van der Waals surface area contributed by atoms with Crippen molar-refractivity contribution in [3.63, 3.8) is 0 Å². The summed E-state index contributed by atoms with van der Waals surface area (Å²) >= 11 is 0. The molecule has 9 nitrogen and oxygen atoms in total. The molecule has 30 heavy (non-hydrogen) atoms. The Morgan fingerprint density at radius 1 is 1.17 bits per heavy atom. The lowest BCUT2D eigenvalue weighted by Crippen LogP contribution is -2.52. The SMILES string of the molecule is CCn1cc(N2CCN(C(=O)OC)CC2=O)c2ccc(OCc3ccncc3)nc21. The van der Waals surface area contributed by atoms with E-state index in [1.165, 1.54) is 12.0 Å². The smallest absolute Gasteiger partial charge is 0.410 e. The minimum Gasteiger partial charge on any atom is -0.473 e. The number of aryl methyl sites for hydroxylation is 1. The molecular formula is C21H23N5O4. The zero-order valence-corrected chi connectivity index (χ0v) is 16.9. The van der Waals surface area contributed by atoms with Crippen LogP contribution in [0.5, 0.6) is 5.88 Å². The first-order valence-electron chi connectivity index (χ1n) is 9.75. The number of carbonyl (C=O) groups excluding carboxylic acids is 2. The molecule has 0 aromatic carbocycles. The minimum atomic E-state index is -0.489. The molecule has 1 saturated heterocycles. The topological polar surface area (TPSA) is 89.8 Å². The lowest BCUT2D eigenvalue weighted by Gasteiger charge is -2.33. The number of aromatic nitrogens is 3. The molecule has 156 valence electrons. The number of piperazine rings is 1. The Bertz CT molecular complexity index is 1070. The second-order valence-corrected chi connectivity index (χ2v) is 6.90. The Morgan fingerprint density at radius 2 is 1.97 bits per heavy atom. The maximum atomic E-state index is 12.7. The fourth-order valence-corrected chi connectivity index (χ4v) is 3.51. The monoisotopic (exact) mass is 409 g/mol. The number of rotatable bonds is 5. The summed E-state index contributed by atoms with van der Waals surface area (Å²) in [6.07, 6.45) is 4.88. The van der Waals surface area contributed by atoms with E-state index >= 15 is 0 Å². The first kappa shape index (κ1) is 19.7. The second kappa shape index (κ2) is 8.40. The molecule has 0 aliphatic carbocycles. The predicted molar refractivity (Wildman–Crippen MR) is 110 cm³/mol. The number of hydrogen-bond acceptors (Lipinski definition) is 6. The van der Waals surface area contributed by atoms with Crippen LogP contribution in [0.15, 0.2) is 42.9 Å². The molecule has 3 aromatic rings. The molecule has 0 unspecified atom stereocenters. The number of carbonyl (C=O) groups is 2. The van der Waals surface area contributed by atoms with E-state index in [1.807, 2.05) is 42.0 Å². The van der Waals surface area contributed by atoms with Crippen LogP contribution in [0.1, 0.15) is 12.5 Å². The Kier molecular flexibility index (Phi) is 5.51. The van der Waals surface area contributed by atoms with E-state index < -0.39 is 6.09 Å². The van der Waals surface area contributed by atoms with Gasteiger partial charge in [-0.05, 0) is 30.7 Å². The van der Waals surface area contributed by atoms with Crippen molar-refractivity contribution in [3.8, 4) is 5.88 Å². The molecule has 1 fully saturated rings. The van der Waals surface area contributed by atoms with Crippen molar-refractivity contribution in [2.45, 2.75) is 20.1 Å². The predicted octanol–water partition coefficient (Wildman–Crippen LogP) is 2.45. The van der Waals surface area contributed by atoms with Gasteiger partial charge in [-0.15, -0.1) is 0 Å². The average Bonchev–Trinajstić information content (AvgIpc) is 3.15. The maximum absolute atomic E-state index is 12.7. The average molecular weight is 409 g/mol. The third kappa shape index (κ3) is 3.78. The lowest BCUT2D eigenvalue weighted by atomic mass is 10.2. The van der Waals surface area contributed by atoms with Crippen LogP contribution < -0.4 is 9.64 Å². The van der Waals surface area contributed by atoms with Gasteiger partial charge in [-0.3, -0.25) is 14.7 Å². The Balaban J connectivity index is 1.58. The van der Waals surface area contributed by atoms with Crippen LogP contribution in [0, 0.1) is 0 Å². The van der Waals surface area contributed by atoms with Crippen molar-refractivity contribution in [1.82, 2.24) is 19.4 Å². The number of pyridine rings is 2. The van der Waals surface area contributed by atoms with E-state index in [-0.39, 0.29) is 12.5 Å². The molecule has 9 heteroatoms. The van der Waals surface area contributed by atoms with Gasteiger partial charge in [0.2, 0.25) is 11.8 Å². The number of ether oxygens (including phenoxy) is 2. The van der Waals surface area contributed by atoms with Gasteiger partial charge in [0, 0.05) is 49.7 Å². The van der Waals surface area contributed by atoms with Crippen LogP contribution in [-0.2, 0) is 22.7 Å². The van der Waals surface area contributed by atoms with Crippen molar-refractivity contribution in [3.05, 3.63) is 48.4 Å². The Labute approximate surface area is 173 Å². The van der Waals surface area contributed by atoms with Crippen molar-refractivity contribution in [1.29, 1.82) is 0 Å². The number of nitrogens with zero attached hydrogens (tertiary/aromatic N) is 5. The number of fused-ring (bicyclic) bond motifs is 1. The summed E-state index contributed by atoms with van der Waals surface area (Å²) in [6, 6.07) is 7.52. The summed E-state index contributed by atoms with van der Waals surface area (Å²) in [5.74, 6) is 0.361. The van der Waals surface area contributed by atoms with Gasteiger partial charge in [0.15, 0.2) is 0 Å². The van der Waals surface area contributed by atoms with E-state index in [1.54, 1.807) is 17.3 Å². The van der Waals surface area contributed by atoms with Crippen molar-refractivity contribution < 1.29 is 19.1 Å². The first-order chi connectivity index (χ1) is 14.6. The largest absolute Gasteiger partial charge is 0.473 e. The van der Waals surface area contributed by atoms with E-state index in [0.29, 0.717) is 32.1 Å². The molecule has 4 rings (SSSR count). The van der Waals surface area contributed by atoms with Gasteiger partial charge < -0.3 is 18.9 Å². The van der Waals surface area contributed by atoms with Gasteiger partial charge in [0.1, 0.15) is 18.8 Å². The molecule has 0 N–H and O–H groups in total. The first-order valence-corrected chi connectivity index (χ1v) is 9.75. The molecule has 4 heterocycles. The maximum Gasteiger partial charge on any atom is 0.410 e. The highest BCUT2D eigenvalue weighted by atomic mass is 16.5. The normalized spacial score (nSPS) is 14.3. The standard InChI is InChI=1S/C21H23N5O4/c1-3-24-12-17(26-11-10-25(13-19(26)27)21(28)29-2)16-4-5-18(23-20(16)24)30-14-15-6-8-22-9-7-15/h4-9,12H,3,10-11,13-14H2,1-2H3. The second-order valence-electron chi connectivity index (χ2n) is 6.90. The van der Waals surface area contributed by atoms with Crippen molar-refractivity contribution in [2.24, 2.45) is 0 Å². The van der Waals surface area contributed by atoms with E-state index in [0.717, 1.165) is 22.3 Å². The molecular weight excluding hydrogens is 386 g/mol. The van der Waals surface area contributed by atoms with Crippen LogP contribution >= 0.6 is 0 Å². The van der Waals surface area contributed by atoms with Crippen LogP contribution in [-0.4, -0.2) is 58.2 Å². The quantitative estimate of drug-likeness (QED) is 0.643. The Morgan fingerprint density at radius 3 is 2.67 bits per heavy atom. The van der Waals surface area contributed by atoms with Crippen molar-refractivity contribution >= 4 is 28.7 Å². The van der Waals surface area contributed by atoms with Crippen LogP contribution in [0.2, 0.25) is 0 Å². The number of hydrogen-bond donors (Lipinski definition) is 0. The van der Waals surface area contributed by atoms with Gasteiger partial charge in [-0.2, -0.15) is 4.98 Å². The third-order valence-corrected chi connectivity index (χ3v) is 5.10. The molecule has 0 spiro atoms. The van der Waals surface area contributed by atoms with E-state index in [9.17, 15) is 9.59 Å². The molecule has 0 atom stereocenters. The molecule has 1 aliphatic heterocycles. The zero-order chi connectivity index (χ0) is 21.1. The summed E-state index contributed by atoms with van der Waals surface area (Å²) in [5.41, 5.74) is 2.55. The molecule has 1 aliphatic rings. The lowest BCUT2D eigenvalue weighted by molar-refractivity contribution is -0.120. The fourth-order valence-electron chi connectivity index (χ4n) is 3.51. The molecule has 3 aromatic heterocycles. The summed E-state index contributed by atoms with van der Waals surface area (Å²) < 4.78 is 12.6. The van der Waals surface area contributed by atoms with Gasteiger partial charge in [-0.25, -0.2) is 4.79 Å². The molecule has 2 amide bonds. The summed E-state index contributed by atoms with van der Waals surface area (Å²) in [6.45, 7) is 3.93.